The molecule has 8 heteroatoms. The first-order valence-electron chi connectivity index (χ1n) is 7.45. The van der Waals surface area contributed by atoms with Crippen molar-refractivity contribution in [1.82, 2.24) is 25.2 Å². The molecule has 2 heterocycles. The van der Waals surface area contributed by atoms with Crippen LogP contribution in [0.3, 0.4) is 0 Å². The molecule has 0 radical (unpaired) electrons. The van der Waals surface area contributed by atoms with E-state index in [0.29, 0.717) is 40.4 Å². The number of aromatic amines is 1. The molecule has 0 aliphatic heterocycles. The van der Waals surface area contributed by atoms with Crippen molar-refractivity contribution in [2.45, 2.75) is 27.0 Å². The monoisotopic (exact) mass is 389 g/mol. The smallest absolute Gasteiger partial charge is 0.221 e. The molecule has 2 aromatic heterocycles. The van der Waals surface area contributed by atoms with Gasteiger partial charge in [-0.2, -0.15) is 4.80 Å². The number of aliphatic hydroxyl groups is 1. The second kappa shape index (κ2) is 6.66. The Kier molecular flexibility index (Phi) is 4.59. The largest absolute Gasteiger partial charge is 0.390 e. The summed E-state index contributed by atoms with van der Waals surface area (Å²) < 4.78 is 0.819. The fourth-order valence-electron chi connectivity index (χ4n) is 2.56. The number of hydrogen-bond donors (Lipinski definition) is 2. The molecule has 2 N–H and O–H groups in total. The van der Waals surface area contributed by atoms with Crippen molar-refractivity contribution < 1.29 is 9.90 Å². The van der Waals surface area contributed by atoms with Gasteiger partial charge in [0, 0.05) is 15.6 Å². The molecule has 1 aromatic carbocycles. The molecule has 0 saturated heterocycles. The molecule has 0 fully saturated rings. The predicted molar refractivity (Wildman–Crippen MR) is 91.5 cm³/mol. The van der Waals surface area contributed by atoms with Gasteiger partial charge in [-0.15, -0.1) is 10.2 Å². The van der Waals surface area contributed by atoms with Gasteiger partial charge in [-0.1, -0.05) is 28.1 Å². The summed E-state index contributed by atoms with van der Waals surface area (Å²) >= 11 is 3.37. The maximum absolute atomic E-state index is 12.9. The number of nitrogens with zero attached hydrogens (tertiary/aromatic N) is 4. The zero-order valence-corrected chi connectivity index (χ0v) is 14.8. The lowest BCUT2D eigenvalue weighted by Crippen LogP contribution is -2.05. The van der Waals surface area contributed by atoms with Crippen molar-refractivity contribution >= 4 is 21.7 Å². The highest BCUT2D eigenvalue weighted by molar-refractivity contribution is 9.10. The number of ketones is 1. The van der Waals surface area contributed by atoms with Crippen molar-refractivity contribution in [3.8, 4) is 11.5 Å². The lowest BCUT2D eigenvalue weighted by Gasteiger charge is -2.04. The van der Waals surface area contributed by atoms with E-state index in [9.17, 15) is 9.90 Å². The summed E-state index contributed by atoms with van der Waals surface area (Å²) in [4.78, 5) is 17.4. The molecule has 3 aromatic rings. The van der Waals surface area contributed by atoms with E-state index in [4.69, 9.17) is 0 Å². The van der Waals surface area contributed by atoms with E-state index >= 15 is 0 Å². The van der Waals surface area contributed by atoms with Crippen LogP contribution < -0.4 is 0 Å². The summed E-state index contributed by atoms with van der Waals surface area (Å²) in [6, 6.07) is 7.15. The van der Waals surface area contributed by atoms with Gasteiger partial charge in [0.05, 0.1) is 24.5 Å². The van der Waals surface area contributed by atoms with E-state index in [1.807, 2.05) is 19.9 Å². The van der Waals surface area contributed by atoms with Crippen molar-refractivity contribution in [2.24, 2.45) is 0 Å². The molecule has 0 aliphatic rings. The Labute approximate surface area is 146 Å². The molecule has 7 nitrogen and oxygen atoms in total. The fraction of sp³-hybridized carbons (Fsp3) is 0.250. The number of carbonyl (C=O) groups is 1. The summed E-state index contributed by atoms with van der Waals surface area (Å²) in [5, 5.41) is 21.8. The summed E-state index contributed by atoms with van der Waals surface area (Å²) in [7, 11) is 0. The zero-order valence-electron chi connectivity index (χ0n) is 13.2. The molecule has 0 aliphatic carbocycles. The highest BCUT2D eigenvalue weighted by Crippen LogP contribution is 2.28. The second-order valence-corrected chi connectivity index (χ2v) is 6.19. The summed E-state index contributed by atoms with van der Waals surface area (Å²) in [5.41, 5.74) is 2.72. The van der Waals surface area contributed by atoms with Crippen LogP contribution in [0, 0.1) is 6.92 Å². The minimum atomic E-state index is -0.280. The fourth-order valence-corrected chi connectivity index (χ4v) is 2.96. The van der Waals surface area contributed by atoms with Crippen LogP contribution in [0.5, 0.6) is 0 Å². The van der Waals surface area contributed by atoms with E-state index in [1.54, 1.807) is 18.2 Å². The van der Waals surface area contributed by atoms with Gasteiger partial charge in [0.1, 0.15) is 0 Å². The zero-order chi connectivity index (χ0) is 17.3. The van der Waals surface area contributed by atoms with Crippen LogP contribution in [0.2, 0.25) is 0 Å². The van der Waals surface area contributed by atoms with Crippen LogP contribution in [0.4, 0.5) is 0 Å². The quantitative estimate of drug-likeness (QED) is 0.653. The van der Waals surface area contributed by atoms with Crippen LogP contribution in [0.25, 0.3) is 11.5 Å². The van der Waals surface area contributed by atoms with E-state index in [2.05, 4.69) is 36.3 Å². The van der Waals surface area contributed by atoms with E-state index < -0.39 is 0 Å². The number of aryl methyl sites for hydroxylation is 1. The molecule has 0 saturated carbocycles. The maximum atomic E-state index is 12.9. The average Bonchev–Trinajstić information content (AvgIpc) is 3.18. The number of tetrazole rings is 1. The number of rotatable bonds is 5. The summed E-state index contributed by atoms with van der Waals surface area (Å²) in [5.74, 6) is 0.237. The summed E-state index contributed by atoms with van der Waals surface area (Å²) in [6.07, 6.45) is 0. The van der Waals surface area contributed by atoms with E-state index in [1.165, 1.54) is 4.80 Å². The van der Waals surface area contributed by atoms with Gasteiger partial charge < -0.3 is 10.1 Å². The Bertz CT molecular complexity index is 900. The molecule has 24 heavy (non-hydrogen) atoms. The minimum absolute atomic E-state index is 0.164. The Morgan fingerprint density at radius 2 is 2.21 bits per heavy atom. The number of nitrogens with one attached hydrogen (secondary N) is 1. The first-order valence-corrected chi connectivity index (χ1v) is 8.25. The highest BCUT2D eigenvalue weighted by Gasteiger charge is 2.24. The van der Waals surface area contributed by atoms with Crippen LogP contribution in [-0.4, -0.2) is 36.1 Å². The molecule has 0 bridgehead atoms. The Morgan fingerprint density at radius 3 is 2.83 bits per heavy atom. The highest BCUT2D eigenvalue weighted by atomic mass is 79.9. The van der Waals surface area contributed by atoms with Gasteiger partial charge in [-0.25, -0.2) is 0 Å². The summed E-state index contributed by atoms with van der Waals surface area (Å²) in [6.45, 7) is 4.04. The predicted octanol–water partition coefficient (Wildman–Crippen LogP) is 2.48. The Balaban J connectivity index is 2.09. The normalized spacial score (nSPS) is 11.0. The third kappa shape index (κ3) is 2.90. The first-order chi connectivity index (χ1) is 11.5. The van der Waals surface area contributed by atoms with Crippen molar-refractivity contribution in [1.29, 1.82) is 0 Å². The second-order valence-electron chi connectivity index (χ2n) is 5.28. The van der Waals surface area contributed by atoms with Gasteiger partial charge in [-0.05, 0) is 36.8 Å². The molecule has 0 unspecified atom stereocenters. The number of benzene rings is 1. The van der Waals surface area contributed by atoms with Crippen molar-refractivity contribution in [2.75, 3.05) is 0 Å². The molecule has 0 spiro atoms. The lowest BCUT2D eigenvalue weighted by atomic mass is 9.99. The van der Waals surface area contributed by atoms with E-state index in [-0.39, 0.29) is 12.4 Å². The average molecular weight is 390 g/mol. The van der Waals surface area contributed by atoms with Crippen LogP contribution >= 0.6 is 15.9 Å². The van der Waals surface area contributed by atoms with Gasteiger partial charge in [0.2, 0.25) is 5.82 Å². The maximum Gasteiger partial charge on any atom is 0.221 e. The molecule has 3 rings (SSSR count). The van der Waals surface area contributed by atoms with Crippen LogP contribution in [0.15, 0.2) is 28.7 Å². The standard InChI is InChI=1S/C16H16BrN5O2/c1-3-22-20-16(19-21-22)14-9(2)13(12(8-23)18-14)15(24)10-5-4-6-11(17)7-10/h4-7,18,23H,3,8H2,1-2H3. The van der Waals surface area contributed by atoms with Gasteiger partial charge in [-0.3, -0.25) is 4.79 Å². The number of hydrogen-bond acceptors (Lipinski definition) is 5. The first kappa shape index (κ1) is 16.5. The van der Waals surface area contributed by atoms with Gasteiger partial charge in [0.15, 0.2) is 5.78 Å². The number of halogens is 1. The number of aromatic nitrogens is 5. The number of H-pyrrole nitrogens is 1. The molecule has 124 valence electrons. The van der Waals surface area contributed by atoms with Crippen LogP contribution in [-0.2, 0) is 13.2 Å². The molecule has 0 amide bonds. The minimum Gasteiger partial charge on any atom is -0.390 e. The van der Waals surface area contributed by atoms with Gasteiger partial charge in [0.25, 0.3) is 0 Å². The molecule has 0 atom stereocenters. The SMILES string of the molecule is CCn1nnc(-c2[nH]c(CO)c(C(=O)c3cccc(Br)c3)c2C)n1. The number of carbonyl (C=O) groups excluding carboxylic acids is 1. The van der Waals surface area contributed by atoms with Crippen LogP contribution in [0.1, 0.15) is 34.1 Å². The molecular weight excluding hydrogens is 374 g/mol. The topological polar surface area (TPSA) is 96.7 Å². The van der Waals surface area contributed by atoms with E-state index in [0.717, 1.165) is 4.47 Å². The van der Waals surface area contributed by atoms with Crippen molar-refractivity contribution in [3.05, 3.63) is 51.1 Å². The Morgan fingerprint density at radius 1 is 1.42 bits per heavy atom. The lowest BCUT2D eigenvalue weighted by molar-refractivity contribution is 0.103. The third-order valence-corrected chi connectivity index (χ3v) is 4.25. The Hall–Kier alpha value is -2.32. The molecular formula is C16H16BrN5O2. The van der Waals surface area contributed by atoms with Crippen molar-refractivity contribution in [3.63, 3.8) is 0 Å². The van der Waals surface area contributed by atoms with Gasteiger partial charge >= 0.3 is 0 Å². The number of aliphatic hydroxyl groups excluding tert-OH is 1. The third-order valence-electron chi connectivity index (χ3n) is 3.76.